The Morgan fingerprint density at radius 3 is 2.31 bits per heavy atom. The molecule has 1 radical (unpaired) electrons. The number of hydrogen-bond donors (Lipinski definition) is 0. The Balaban J connectivity index is 2.59. The molecule has 0 amide bonds. The Kier molecular flexibility index (Phi) is 4.63. The fraction of sp³-hybridized carbons (Fsp3) is 0.333. The second kappa shape index (κ2) is 5.53. The van der Waals surface area contributed by atoms with E-state index in [1.54, 1.807) is 0 Å². The number of benzene rings is 1. The molecule has 0 spiro atoms. The van der Waals surface area contributed by atoms with Crippen LogP contribution in [0.1, 0.15) is 12.5 Å². The summed E-state index contributed by atoms with van der Waals surface area (Å²) in [5, 5.41) is 0. The monoisotopic (exact) mass is 233 g/mol. The van der Waals surface area contributed by atoms with Crippen LogP contribution in [-0.2, 0) is 6.04 Å². The minimum atomic E-state index is -1.21. The molecule has 0 N–H and O–H groups in total. The third-order valence-electron chi connectivity index (χ3n) is 1.57. The van der Waals surface area contributed by atoms with E-state index in [1.807, 2.05) is 31.2 Å². The van der Waals surface area contributed by atoms with Crippen LogP contribution in [-0.4, -0.2) is 14.0 Å². The molecule has 0 aliphatic carbocycles. The Morgan fingerprint density at radius 1 is 1.23 bits per heavy atom. The summed E-state index contributed by atoms with van der Waals surface area (Å²) in [4.78, 5) is 0. The van der Waals surface area contributed by atoms with Gasteiger partial charge in [-0.25, -0.2) is 0 Å². The van der Waals surface area contributed by atoms with Crippen molar-refractivity contribution in [1.29, 1.82) is 0 Å². The first-order valence-electron chi connectivity index (χ1n) is 4.11. The van der Waals surface area contributed by atoms with Gasteiger partial charge in [0.15, 0.2) is 0 Å². The number of hydrogen-bond acceptors (Lipinski definition) is 1. The summed E-state index contributed by atoms with van der Waals surface area (Å²) in [6.45, 7) is 2.66. The van der Waals surface area contributed by atoms with Crippen molar-refractivity contribution in [2.45, 2.75) is 13.0 Å². The lowest BCUT2D eigenvalue weighted by Gasteiger charge is -2.04. The molecule has 0 aliphatic rings. The minimum absolute atomic E-state index is 0.694. The van der Waals surface area contributed by atoms with Gasteiger partial charge in [-0.2, -0.15) is 0 Å². The Hall–Kier alpha value is -0.183. The van der Waals surface area contributed by atoms with Crippen LogP contribution in [0.15, 0.2) is 24.3 Å². The summed E-state index contributed by atoms with van der Waals surface area (Å²) in [7, 11) is -1.21. The van der Waals surface area contributed by atoms with Crippen molar-refractivity contribution in [1.82, 2.24) is 0 Å². The van der Waals surface area contributed by atoms with E-state index in [2.05, 4.69) is 0 Å². The van der Waals surface area contributed by atoms with Crippen LogP contribution in [0, 0.1) is 0 Å². The molecule has 0 saturated heterocycles. The average molecular weight is 234 g/mol. The molecular formula is C9H11Cl2OSi. The van der Waals surface area contributed by atoms with Crippen molar-refractivity contribution < 1.29 is 4.74 Å². The lowest BCUT2D eigenvalue weighted by atomic mass is 10.2. The zero-order valence-electron chi connectivity index (χ0n) is 7.39. The molecule has 1 aromatic carbocycles. The van der Waals surface area contributed by atoms with E-state index in [4.69, 9.17) is 26.9 Å². The molecule has 0 aromatic heterocycles. The van der Waals surface area contributed by atoms with Gasteiger partial charge in [0.2, 0.25) is 0 Å². The maximum Gasteiger partial charge on any atom is 0.278 e. The number of halogens is 2. The first kappa shape index (κ1) is 10.9. The van der Waals surface area contributed by atoms with Gasteiger partial charge in [0, 0.05) is 0 Å². The first-order valence-corrected chi connectivity index (χ1v) is 7.84. The lowest BCUT2D eigenvalue weighted by molar-refractivity contribution is 0.340. The largest absolute Gasteiger partial charge is 0.494 e. The summed E-state index contributed by atoms with van der Waals surface area (Å²) in [6.07, 6.45) is 0. The van der Waals surface area contributed by atoms with Crippen molar-refractivity contribution in [2.24, 2.45) is 0 Å². The van der Waals surface area contributed by atoms with Crippen LogP contribution >= 0.6 is 22.2 Å². The molecule has 4 heteroatoms. The van der Waals surface area contributed by atoms with Crippen LogP contribution in [0.4, 0.5) is 0 Å². The molecule has 1 aromatic rings. The smallest absolute Gasteiger partial charge is 0.278 e. The molecule has 0 unspecified atom stereocenters. The SMILES string of the molecule is CCOc1ccc(C[Si](Cl)Cl)cc1. The Labute approximate surface area is 89.6 Å². The molecule has 71 valence electrons. The van der Waals surface area contributed by atoms with E-state index in [1.165, 1.54) is 5.56 Å². The molecular weight excluding hydrogens is 223 g/mol. The third-order valence-corrected chi connectivity index (χ3v) is 3.05. The molecule has 0 fully saturated rings. The fourth-order valence-electron chi connectivity index (χ4n) is 1.02. The van der Waals surface area contributed by atoms with Gasteiger partial charge in [0.25, 0.3) is 7.42 Å². The predicted octanol–water partition coefficient (Wildman–Crippen LogP) is 3.13. The summed E-state index contributed by atoms with van der Waals surface area (Å²) in [5.74, 6) is 0.893. The molecule has 0 heterocycles. The molecule has 0 atom stereocenters. The molecule has 0 saturated carbocycles. The maximum absolute atomic E-state index is 5.75. The normalized spacial score (nSPS) is 10.5. The molecule has 0 aliphatic heterocycles. The van der Waals surface area contributed by atoms with Crippen LogP contribution < -0.4 is 4.74 Å². The second-order valence-corrected chi connectivity index (χ2v) is 6.94. The van der Waals surface area contributed by atoms with Gasteiger partial charge in [0.05, 0.1) is 6.61 Å². The van der Waals surface area contributed by atoms with Gasteiger partial charge in [0.1, 0.15) is 5.75 Å². The molecule has 1 nitrogen and oxygen atoms in total. The van der Waals surface area contributed by atoms with Crippen molar-refractivity contribution in [3.63, 3.8) is 0 Å². The zero-order valence-corrected chi connectivity index (χ0v) is 9.90. The first-order chi connectivity index (χ1) is 6.22. The predicted molar refractivity (Wildman–Crippen MR) is 58.8 cm³/mol. The Morgan fingerprint density at radius 2 is 1.85 bits per heavy atom. The summed E-state index contributed by atoms with van der Waals surface area (Å²) < 4.78 is 5.31. The summed E-state index contributed by atoms with van der Waals surface area (Å²) >= 11 is 11.5. The zero-order chi connectivity index (χ0) is 9.68. The fourth-order valence-corrected chi connectivity index (χ4v) is 2.49. The van der Waals surface area contributed by atoms with Crippen molar-refractivity contribution in [3.8, 4) is 5.75 Å². The van der Waals surface area contributed by atoms with Crippen LogP contribution in [0.25, 0.3) is 0 Å². The third kappa shape index (κ3) is 4.03. The van der Waals surface area contributed by atoms with Crippen LogP contribution in [0.3, 0.4) is 0 Å². The Bertz CT molecular complexity index is 248. The standard InChI is InChI=1S/C9H11Cl2OSi/c1-2-12-9-5-3-8(4-6-9)7-13(10)11/h3-6H,2,7H2,1H3. The van der Waals surface area contributed by atoms with E-state index in [0.717, 1.165) is 11.8 Å². The van der Waals surface area contributed by atoms with Gasteiger partial charge in [-0.05, 0) is 30.7 Å². The molecule has 13 heavy (non-hydrogen) atoms. The highest BCUT2D eigenvalue weighted by molar-refractivity contribution is 7.33. The molecule has 0 bridgehead atoms. The highest BCUT2D eigenvalue weighted by Crippen LogP contribution is 2.14. The van der Waals surface area contributed by atoms with Crippen molar-refractivity contribution >= 4 is 29.6 Å². The highest BCUT2D eigenvalue weighted by atomic mass is 35.7. The summed E-state index contributed by atoms with van der Waals surface area (Å²) in [5.41, 5.74) is 1.17. The van der Waals surface area contributed by atoms with E-state index in [-0.39, 0.29) is 0 Å². The van der Waals surface area contributed by atoms with E-state index < -0.39 is 7.42 Å². The van der Waals surface area contributed by atoms with Gasteiger partial charge in [-0.15, -0.1) is 22.2 Å². The van der Waals surface area contributed by atoms with Gasteiger partial charge < -0.3 is 4.74 Å². The molecule has 1 rings (SSSR count). The number of ether oxygens (including phenoxy) is 1. The van der Waals surface area contributed by atoms with E-state index in [9.17, 15) is 0 Å². The van der Waals surface area contributed by atoms with E-state index >= 15 is 0 Å². The van der Waals surface area contributed by atoms with Gasteiger partial charge in [-0.1, -0.05) is 12.1 Å². The second-order valence-electron chi connectivity index (χ2n) is 2.59. The quantitative estimate of drug-likeness (QED) is 0.574. The van der Waals surface area contributed by atoms with E-state index in [0.29, 0.717) is 6.61 Å². The number of rotatable bonds is 4. The van der Waals surface area contributed by atoms with Crippen molar-refractivity contribution in [2.75, 3.05) is 6.61 Å². The average Bonchev–Trinajstić information content (AvgIpc) is 2.08. The van der Waals surface area contributed by atoms with Crippen LogP contribution in [0.5, 0.6) is 5.75 Å². The maximum atomic E-state index is 5.75. The highest BCUT2D eigenvalue weighted by Gasteiger charge is 2.04. The van der Waals surface area contributed by atoms with Gasteiger partial charge in [-0.3, -0.25) is 0 Å². The van der Waals surface area contributed by atoms with Gasteiger partial charge >= 0.3 is 0 Å². The lowest BCUT2D eigenvalue weighted by Crippen LogP contribution is -1.99. The van der Waals surface area contributed by atoms with Crippen LogP contribution in [0.2, 0.25) is 0 Å². The topological polar surface area (TPSA) is 9.23 Å². The van der Waals surface area contributed by atoms with Crippen molar-refractivity contribution in [3.05, 3.63) is 29.8 Å². The summed E-state index contributed by atoms with van der Waals surface area (Å²) in [6, 6.07) is 8.66. The minimum Gasteiger partial charge on any atom is -0.494 e.